The second-order valence-corrected chi connectivity index (χ2v) is 4.71. The summed E-state index contributed by atoms with van der Waals surface area (Å²) in [4.78, 5) is 0. The zero-order valence-corrected chi connectivity index (χ0v) is 12.9. The lowest BCUT2D eigenvalue weighted by atomic mass is 9.76. The van der Waals surface area contributed by atoms with Gasteiger partial charge in [0.15, 0.2) is 11.5 Å². The van der Waals surface area contributed by atoms with E-state index < -0.39 is 5.41 Å². The summed E-state index contributed by atoms with van der Waals surface area (Å²) in [5, 5.41) is 9.65. The Morgan fingerprint density at radius 3 is 1.90 bits per heavy atom. The summed E-state index contributed by atoms with van der Waals surface area (Å²) in [6.07, 6.45) is 2.49. The maximum absolute atomic E-state index is 9.65. The molecule has 0 aliphatic carbocycles. The van der Waals surface area contributed by atoms with E-state index in [1.807, 2.05) is 19.1 Å². The lowest BCUT2D eigenvalue weighted by Crippen LogP contribution is -2.23. The van der Waals surface area contributed by atoms with Crippen LogP contribution in [0.25, 0.3) is 0 Å². The van der Waals surface area contributed by atoms with Gasteiger partial charge in [-0.1, -0.05) is 20.3 Å². The Morgan fingerprint density at radius 1 is 1.05 bits per heavy atom. The predicted octanol–water partition coefficient (Wildman–Crippen LogP) is 3.68. The maximum Gasteiger partial charge on any atom is 0.203 e. The standard InChI is InChI=1S/C16H23NO3/c1-6-8-16(7-2,11-17)12-9-13(18-3)15(20-5)14(10-12)19-4/h9-10H,6-8H2,1-5H3. The van der Waals surface area contributed by atoms with Gasteiger partial charge < -0.3 is 14.2 Å². The van der Waals surface area contributed by atoms with E-state index in [4.69, 9.17) is 14.2 Å². The molecule has 4 nitrogen and oxygen atoms in total. The quantitative estimate of drug-likeness (QED) is 0.762. The molecule has 20 heavy (non-hydrogen) atoms. The molecule has 4 heteroatoms. The molecule has 1 aromatic carbocycles. The molecular formula is C16H23NO3. The van der Waals surface area contributed by atoms with Crippen molar-refractivity contribution in [3.8, 4) is 23.3 Å². The number of nitrogens with zero attached hydrogens (tertiary/aromatic N) is 1. The summed E-state index contributed by atoms with van der Waals surface area (Å²) >= 11 is 0. The van der Waals surface area contributed by atoms with Gasteiger partial charge in [0.1, 0.15) is 0 Å². The van der Waals surface area contributed by atoms with Crippen molar-refractivity contribution >= 4 is 0 Å². The Labute approximate surface area is 121 Å². The van der Waals surface area contributed by atoms with E-state index in [2.05, 4.69) is 13.0 Å². The van der Waals surface area contributed by atoms with E-state index in [0.717, 1.165) is 24.8 Å². The largest absolute Gasteiger partial charge is 0.493 e. The monoisotopic (exact) mass is 277 g/mol. The number of methoxy groups -OCH3 is 3. The number of hydrogen-bond donors (Lipinski definition) is 0. The van der Waals surface area contributed by atoms with Crippen LogP contribution in [0.3, 0.4) is 0 Å². The highest BCUT2D eigenvalue weighted by Crippen LogP contribution is 2.43. The second kappa shape index (κ2) is 7.04. The topological polar surface area (TPSA) is 51.5 Å². The fourth-order valence-corrected chi connectivity index (χ4v) is 2.51. The van der Waals surface area contributed by atoms with Crippen LogP contribution in [0.15, 0.2) is 12.1 Å². The average Bonchev–Trinajstić information content (AvgIpc) is 2.51. The van der Waals surface area contributed by atoms with Gasteiger partial charge in [0.05, 0.1) is 32.8 Å². The lowest BCUT2D eigenvalue weighted by Gasteiger charge is -2.27. The van der Waals surface area contributed by atoms with Gasteiger partial charge in [-0.25, -0.2) is 0 Å². The first-order chi connectivity index (χ1) is 9.62. The number of hydrogen-bond acceptors (Lipinski definition) is 4. The second-order valence-electron chi connectivity index (χ2n) is 4.71. The Bertz CT molecular complexity index is 468. The van der Waals surface area contributed by atoms with Crippen LogP contribution in [-0.4, -0.2) is 21.3 Å². The first-order valence-corrected chi connectivity index (χ1v) is 6.84. The Hall–Kier alpha value is -1.89. The molecule has 0 aliphatic rings. The molecule has 1 atom stereocenters. The molecule has 0 radical (unpaired) electrons. The zero-order valence-electron chi connectivity index (χ0n) is 12.9. The average molecular weight is 277 g/mol. The summed E-state index contributed by atoms with van der Waals surface area (Å²) in [6.45, 7) is 4.11. The van der Waals surface area contributed by atoms with Gasteiger partial charge in [-0.3, -0.25) is 0 Å². The van der Waals surface area contributed by atoms with Gasteiger partial charge in [0.2, 0.25) is 5.75 Å². The van der Waals surface area contributed by atoms with E-state index in [-0.39, 0.29) is 0 Å². The van der Waals surface area contributed by atoms with Crippen molar-refractivity contribution in [3.05, 3.63) is 17.7 Å². The fraction of sp³-hybridized carbons (Fsp3) is 0.562. The van der Waals surface area contributed by atoms with Gasteiger partial charge in [-0.15, -0.1) is 0 Å². The van der Waals surface area contributed by atoms with Crippen LogP contribution in [-0.2, 0) is 5.41 Å². The molecule has 1 unspecified atom stereocenters. The fourth-order valence-electron chi connectivity index (χ4n) is 2.51. The summed E-state index contributed by atoms with van der Waals surface area (Å²) in [5.41, 5.74) is 0.403. The minimum Gasteiger partial charge on any atom is -0.493 e. The molecule has 0 saturated heterocycles. The van der Waals surface area contributed by atoms with E-state index in [1.165, 1.54) is 0 Å². The molecule has 0 aliphatic heterocycles. The van der Waals surface area contributed by atoms with Gasteiger partial charge in [0, 0.05) is 0 Å². The number of nitriles is 1. The van der Waals surface area contributed by atoms with Crippen LogP contribution in [0.2, 0.25) is 0 Å². The maximum atomic E-state index is 9.65. The van der Waals surface area contributed by atoms with Crippen molar-refractivity contribution in [2.45, 2.75) is 38.5 Å². The third-order valence-electron chi connectivity index (χ3n) is 3.71. The minimum absolute atomic E-state index is 0.512. The molecule has 110 valence electrons. The number of ether oxygens (including phenoxy) is 3. The molecule has 0 saturated carbocycles. The number of rotatable bonds is 7. The molecule has 1 rings (SSSR count). The van der Waals surface area contributed by atoms with Crippen LogP contribution in [0.5, 0.6) is 17.2 Å². The first kappa shape index (κ1) is 16.2. The molecule has 1 aromatic rings. The van der Waals surface area contributed by atoms with Crippen molar-refractivity contribution in [2.75, 3.05) is 21.3 Å². The van der Waals surface area contributed by atoms with Crippen LogP contribution < -0.4 is 14.2 Å². The summed E-state index contributed by atoms with van der Waals surface area (Å²) in [5.74, 6) is 1.73. The SMILES string of the molecule is CCCC(C#N)(CC)c1cc(OC)c(OC)c(OC)c1. The molecule has 0 spiro atoms. The third kappa shape index (κ3) is 2.82. The van der Waals surface area contributed by atoms with Crippen LogP contribution in [0.1, 0.15) is 38.7 Å². The Morgan fingerprint density at radius 2 is 1.60 bits per heavy atom. The highest BCUT2D eigenvalue weighted by Gasteiger charge is 2.31. The molecule has 0 N–H and O–H groups in total. The summed E-state index contributed by atoms with van der Waals surface area (Å²) in [7, 11) is 4.74. The Balaban J connectivity index is 3.48. The molecule has 0 heterocycles. The molecule has 0 amide bonds. The van der Waals surface area contributed by atoms with Crippen LogP contribution >= 0.6 is 0 Å². The van der Waals surface area contributed by atoms with Crippen molar-refractivity contribution in [1.29, 1.82) is 5.26 Å². The van der Waals surface area contributed by atoms with Crippen molar-refractivity contribution in [2.24, 2.45) is 0 Å². The smallest absolute Gasteiger partial charge is 0.203 e. The Kier molecular flexibility index (Phi) is 5.69. The highest BCUT2D eigenvalue weighted by molar-refractivity contribution is 5.56. The van der Waals surface area contributed by atoms with Gasteiger partial charge >= 0.3 is 0 Å². The summed E-state index contributed by atoms with van der Waals surface area (Å²) < 4.78 is 16.1. The van der Waals surface area contributed by atoms with Crippen molar-refractivity contribution in [3.63, 3.8) is 0 Å². The minimum atomic E-state index is -0.512. The van der Waals surface area contributed by atoms with E-state index in [0.29, 0.717) is 17.2 Å². The van der Waals surface area contributed by atoms with E-state index >= 15 is 0 Å². The highest BCUT2D eigenvalue weighted by atomic mass is 16.5. The first-order valence-electron chi connectivity index (χ1n) is 6.84. The molecule has 0 fully saturated rings. The molecule has 0 aromatic heterocycles. The molecular weight excluding hydrogens is 254 g/mol. The van der Waals surface area contributed by atoms with E-state index in [9.17, 15) is 5.26 Å². The summed E-state index contributed by atoms with van der Waals surface area (Å²) in [6, 6.07) is 6.23. The van der Waals surface area contributed by atoms with Gasteiger partial charge in [0.25, 0.3) is 0 Å². The lowest BCUT2D eigenvalue weighted by molar-refractivity contribution is 0.322. The number of benzene rings is 1. The van der Waals surface area contributed by atoms with Crippen molar-refractivity contribution < 1.29 is 14.2 Å². The zero-order chi connectivity index (χ0) is 15.2. The van der Waals surface area contributed by atoms with E-state index in [1.54, 1.807) is 21.3 Å². The predicted molar refractivity (Wildman–Crippen MR) is 78.6 cm³/mol. The van der Waals surface area contributed by atoms with Crippen molar-refractivity contribution in [1.82, 2.24) is 0 Å². The van der Waals surface area contributed by atoms with Gasteiger partial charge in [-0.2, -0.15) is 5.26 Å². The third-order valence-corrected chi connectivity index (χ3v) is 3.71. The van der Waals surface area contributed by atoms with Gasteiger partial charge in [-0.05, 0) is 30.5 Å². The molecule has 0 bridgehead atoms. The van der Waals surface area contributed by atoms with Crippen LogP contribution in [0.4, 0.5) is 0 Å². The normalized spacial score (nSPS) is 13.2. The van der Waals surface area contributed by atoms with Crippen LogP contribution in [0, 0.1) is 11.3 Å².